The molecule has 1 aliphatic rings. The van der Waals surface area contributed by atoms with Crippen molar-refractivity contribution in [2.75, 3.05) is 24.8 Å². The quantitative estimate of drug-likeness (QED) is 0.610. The number of benzene rings is 2. The molecule has 0 aliphatic carbocycles. The number of rotatable bonds is 9. The predicted octanol–water partition coefficient (Wildman–Crippen LogP) is 1.74. The largest absolute Gasteiger partial charge is 0.491 e. The van der Waals surface area contributed by atoms with Gasteiger partial charge in [0, 0.05) is 13.0 Å². The van der Waals surface area contributed by atoms with Crippen LogP contribution in [-0.4, -0.2) is 54.6 Å². The highest BCUT2D eigenvalue weighted by atomic mass is 16.5. The number of amides is 1. The Morgan fingerprint density at radius 3 is 2.50 bits per heavy atom. The Hall–Kier alpha value is -3.39. The predicted molar refractivity (Wildman–Crippen MR) is 112 cm³/mol. The van der Waals surface area contributed by atoms with Crippen molar-refractivity contribution in [2.45, 2.75) is 25.5 Å². The number of hydrogen-bond donors (Lipinski definition) is 2. The van der Waals surface area contributed by atoms with Gasteiger partial charge in [-0.15, -0.1) is 0 Å². The first-order valence-corrected chi connectivity index (χ1v) is 9.81. The number of para-hydroxylation sites is 2. The van der Waals surface area contributed by atoms with Crippen LogP contribution in [0.1, 0.15) is 13.3 Å². The Morgan fingerprint density at radius 1 is 1.17 bits per heavy atom. The van der Waals surface area contributed by atoms with Crippen molar-refractivity contribution in [3.63, 3.8) is 0 Å². The van der Waals surface area contributed by atoms with E-state index >= 15 is 0 Å². The van der Waals surface area contributed by atoms with Crippen molar-refractivity contribution in [3.8, 4) is 5.75 Å². The molecule has 0 radical (unpaired) electrons. The Kier molecular flexibility index (Phi) is 7.40. The molecule has 0 bridgehead atoms. The van der Waals surface area contributed by atoms with Gasteiger partial charge < -0.3 is 19.9 Å². The lowest BCUT2D eigenvalue weighted by atomic mass is 10.1. The molecular weight excluding hydrogens is 386 g/mol. The summed E-state index contributed by atoms with van der Waals surface area (Å²) in [6.45, 7) is 2.00. The lowest BCUT2D eigenvalue weighted by molar-refractivity contribution is -0.135. The number of carbonyl (C=O) groups excluding carboxylic acids is 2. The fraction of sp³-hybridized carbons (Fsp3) is 0.318. The van der Waals surface area contributed by atoms with E-state index in [4.69, 9.17) is 9.47 Å². The van der Waals surface area contributed by atoms with E-state index in [1.165, 1.54) is 5.01 Å². The standard InChI is InChI=1S/C22H25N3O5/c1-2-29-22(28)19-13-20(25(24-19)16-9-5-3-6-10-16)21(27)23-14-17(26)15-30-18-11-7-4-8-12-18/h3-12,17,20,26H,2,13-15H2,1H3,(H,23,27). The van der Waals surface area contributed by atoms with Gasteiger partial charge in [0.05, 0.1) is 12.3 Å². The number of aliphatic hydroxyl groups excluding tert-OH is 1. The lowest BCUT2D eigenvalue weighted by Crippen LogP contribution is -2.46. The fourth-order valence-corrected chi connectivity index (χ4v) is 2.98. The Morgan fingerprint density at radius 2 is 1.83 bits per heavy atom. The highest BCUT2D eigenvalue weighted by Gasteiger charge is 2.36. The third-order valence-electron chi connectivity index (χ3n) is 4.44. The number of aliphatic hydroxyl groups is 1. The monoisotopic (exact) mass is 411 g/mol. The first-order chi connectivity index (χ1) is 14.6. The summed E-state index contributed by atoms with van der Waals surface area (Å²) in [5, 5.41) is 18.7. The minimum absolute atomic E-state index is 0.0134. The van der Waals surface area contributed by atoms with Gasteiger partial charge in [0.1, 0.15) is 30.2 Å². The molecule has 0 fully saturated rings. The van der Waals surface area contributed by atoms with E-state index in [9.17, 15) is 14.7 Å². The van der Waals surface area contributed by atoms with E-state index in [1.807, 2.05) is 36.4 Å². The Labute approximate surface area is 175 Å². The van der Waals surface area contributed by atoms with Crippen LogP contribution in [0.15, 0.2) is 65.8 Å². The average Bonchev–Trinajstić information content (AvgIpc) is 3.23. The van der Waals surface area contributed by atoms with Gasteiger partial charge >= 0.3 is 5.97 Å². The van der Waals surface area contributed by atoms with Crippen LogP contribution in [0, 0.1) is 0 Å². The smallest absolute Gasteiger partial charge is 0.354 e. The fourth-order valence-electron chi connectivity index (χ4n) is 2.98. The SMILES string of the molecule is CCOC(=O)C1=NN(c2ccccc2)C(C(=O)NCC(O)COc2ccccc2)C1. The van der Waals surface area contributed by atoms with Crippen LogP contribution in [0.3, 0.4) is 0 Å². The number of carbonyl (C=O) groups is 2. The minimum Gasteiger partial charge on any atom is -0.491 e. The third-order valence-corrected chi connectivity index (χ3v) is 4.44. The zero-order valence-electron chi connectivity index (χ0n) is 16.7. The van der Waals surface area contributed by atoms with E-state index in [0.29, 0.717) is 11.4 Å². The van der Waals surface area contributed by atoms with Crippen molar-refractivity contribution < 1.29 is 24.2 Å². The van der Waals surface area contributed by atoms with Crippen LogP contribution in [-0.2, 0) is 14.3 Å². The zero-order valence-corrected chi connectivity index (χ0v) is 16.7. The summed E-state index contributed by atoms with van der Waals surface area (Å²) in [5.41, 5.74) is 0.874. The van der Waals surface area contributed by atoms with Crippen molar-refractivity contribution in [2.24, 2.45) is 5.10 Å². The zero-order chi connectivity index (χ0) is 21.3. The number of hydrazone groups is 1. The van der Waals surface area contributed by atoms with Gasteiger partial charge in [-0.05, 0) is 31.2 Å². The molecule has 30 heavy (non-hydrogen) atoms. The molecule has 8 nitrogen and oxygen atoms in total. The van der Waals surface area contributed by atoms with Gasteiger partial charge in [-0.25, -0.2) is 4.79 Å². The highest BCUT2D eigenvalue weighted by molar-refractivity contribution is 6.38. The van der Waals surface area contributed by atoms with Crippen molar-refractivity contribution in [1.29, 1.82) is 0 Å². The number of hydrogen-bond acceptors (Lipinski definition) is 7. The molecule has 0 aromatic heterocycles. The van der Waals surface area contributed by atoms with Gasteiger partial charge in [0.2, 0.25) is 5.91 Å². The number of nitrogens with one attached hydrogen (secondary N) is 1. The van der Waals surface area contributed by atoms with Crippen molar-refractivity contribution in [3.05, 3.63) is 60.7 Å². The van der Waals surface area contributed by atoms with Crippen molar-refractivity contribution in [1.82, 2.24) is 5.32 Å². The second-order valence-electron chi connectivity index (χ2n) is 6.69. The van der Waals surface area contributed by atoms with Crippen LogP contribution in [0.2, 0.25) is 0 Å². The van der Waals surface area contributed by atoms with E-state index in [1.54, 1.807) is 31.2 Å². The molecule has 0 saturated heterocycles. The van der Waals surface area contributed by atoms with Gasteiger partial charge in [-0.2, -0.15) is 5.10 Å². The normalized spacial score (nSPS) is 16.5. The highest BCUT2D eigenvalue weighted by Crippen LogP contribution is 2.25. The molecule has 1 heterocycles. The first kappa shape index (κ1) is 21.3. The number of anilines is 1. The van der Waals surface area contributed by atoms with E-state index < -0.39 is 18.1 Å². The topological polar surface area (TPSA) is 100 Å². The molecule has 1 amide bonds. The van der Waals surface area contributed by atoms with E-state index in [-0.39, 0.29) is 37.8 Å². The summed E-state index contributed by atoms with van der Waals surface area (Å²) in [4.78, 5) is 24.9. The minimum atomic E-state index is -0.883. The molecule has 158 valence electrons. The van der Waals surface area contributed by atoms with Gasteiger partial charge in [0.25, 0.3) is 0 Å². The molecule has 8 heteroatoms. The second kappa shape index (κ2) is 10.4. The Balaban J connectivity index is 1.59. The van der Waals surface area contributed by atoms with Crippen LogP contribution < -0.4 is 15.1 Å². The van der Waals surface area contributed by atoms with Crippen LogP contribution >= 0.6 is 0 Å². The maximum atomic E-state index is 12.8. The summed E-state index contributed by atoms with van der Waals surface area (Å²) < 4.78 is 10.5. The second-order valence-corrected chi connectivity index (χ2v) is 6.69. The Bertz CT molecular complexity index is 873. The first-order valence-electron chi connectivity index (χ1n) is 9.81. The van der Waals surface area contributed by atoms with Gasteiger partial charge in [-0.3, -0.25) is 9.80 Å². The molecule has 2 aromatic carbocycles. The van der Waals surface area contributed by atoms with Crippen LogP contribution in [0.5, 0.6) is 5.75 Å². The molecule has 2 N–H and O–H groups in total. The van der Waals surface area contributed by atoms with Crippen LogP contribution in [0.25, 0.3) is 0 Å². The number of ether oxygens (including phenoxy) is 2. The van der Waals surface area contributed by atoms with Gasteiger partial charge in [-0.1, -0.05) is 36.4 Å². The maximum absolute atomic E-state index is 12.8. The van der Waals surface area contributed by atoms with Crippen molar-refractivity contribution >= 4 is 23.3 Å². The van der Waals surface area contributed by atoms with E-state index in [0.717, 1.165) is 0 Å². The summed E-state index contributed by atoms with van der Waals surface area (Å²) in [7, 11) is 0. The average molecular weight is 411 g/mol. The lowest BCUT2D eigenvalue weighted by Gasteiger charge is -2.23. The molecule has 0 saturated carbocycles. The molecule has 2 aromatic rings. The molecule has 1 aliphatic heterocycles. The molecular formula is C22H25N3O5. The van der Waals surface area contributed by atoms with Crippen LogP contribution in [0.4, 0.5) is 5.69 Å². The van der Waals surface area contributed by atoms with E-state index in [2.05, 4.69) is 10.4 Å². The molecule has 3 rings (SSSR count). The third kappa shape index (κ3) is 5.57. The van der Waals surface area contributed by atoms with Gasteiger partial charge in [0.15, 0.2) is 0 Å². The molecule has 0 spiro atoms. The molecule has 2 unspecified atom stereocenters. The number of nitrogens with zero attached hydrogens (tertiary/aromatic N) is 2. The summed E-state index contributed by atoms with van der Waals surface area (Å²) in [5.74, 6) is -0.243. The number of esters is 1. The summed E-state index contributed by atoms with van der Waals surface area (Å²) in [6.07, 6.45) is -0.762. The summed E-state index contributed by atoms with van der Waals surface area (Å²) in [6, 6.07) is 17.5. The molecule has 2 atom stereocenters. The summed E-state index contributed by atoms with van der Waals surface area (Å²) >= 11 is 0. The maximum Gasteiger partial charge on any atom is 0.354 e.